The molecular formula is C23H26FN3O3S. The number of hydrogen-bond acceptors (Lipinski definition) is 4. The van der Waals surface area contributed by atoms with Crippen molar-refractivity contribution in [2.75, 3.05) is 27.4 Å². The quantitative estimate of drug-likeness (QED) is 0.389. The normalized spacial score (nSPS) is 10.8. The number of pyridine rings is 1. The zero-order valence-electron chi connectivity index (χ0n) is 17.6. The van der Waals surface area contributed by atoms with Crippen LogP contribution in [0.25, 0.3) is 10.9 Å². The number of aromatic amines is 1. The maximum atomic E-state index is 13.3. The Morgan fingerprint density at radius 3 is 2.61 bits per heavy atom. The van der Waals surface area contributed by atoms with Crippen molar-refractivity contribution in [1.29, 1.82) is 0 Å². The minimum atomic E-state index is -0.294. The second-order valence-electron chi connectivity index (χ2n) is 7.14. The number of aromatic nitrogens is 1. The molecule has 0 aliphatic carbocycles. The molecule has 1 heterocycles. The van der Waals surface area contributed by atoms with Gasteiger partial charge >= 0.3 is 0 Å². The lowest BCUT2D eigenvalue weighted by Crippen LogP contribution is -2.40. The van der Waals surface area contributed by atoms with Crippen molar-refractivity contribution < 1.29 is 13.9 Å². The Morgan fingerprint density at radius 2 is 1.90 bits per heavy atom. The summed E-state index contributed by atoms with van der Waals surface area (Å²) in [7, 11) is 3.24. The monoisotopic (exact) mass is 443 g/mol. The van der Waals surface area contributed by atoms with Crippen molar-refractivity contribution >= 4 is 28.2 Å². The van der Waals surface area contributed by atoms with Crippen molar-refractivity contribution in [1.82, 2.24) is 15.2 Å². The van der Waals surface area contributed by atoms with Crippen LogP contribution in [-0.4, -0.2) is 42.4 Å². The molecule has 8 heteroatoms. The molecule has 0 radical (unpaired) electrons. The van der Waals surface area contributed by atoms with Crippen LogP contribution in [0.15, 0.2) is 53.3 Å². The standard InChI is InChI=1S/C23H26FN3O3S/c1-29-11-3-10-25-23(31)27(14-16-4-7-19(24)8-5-16)15-18-12-17-6-9-20(30-2)13-21(17)26-22(18)28/h4-9,12-13H,3,10-11,14-15H2,1-2H3,(H,25,31)(H,26,28). The van der Waals surface area contributed by atoms with E-state index in [1.165, 1.54) is 12.1 Å². The third-order valence-corrected chi connectivity index (χ3v) is 5.27. The third-order valence-electron chi connectivity index (χ3n) is 4.87. The van der Waals surface area contributed by atoms with Gasteiger partial charge in [-0.25, -0.2) is 4.39 Å². The molecule has 0 spiro atoms. The first-order chi connectivity index (χ1) is 15.0. The van der Waals surface area contributed by atoms with E-state index < -0.39 is 0 Å². The highest BCUT2D eigenvalue weighted by molar-refractivity contribution is 7.80. The number of hydrogen-bond donors (Lipinski definition) is 2. The summed E-state index contributed by atoms with van der Waals surface area (Å²) in [5.41, 5.74) is 2.00. The van der Waals surface area contributed by atoms with Gasteiger partial charge in [0.15, 0.2) is 5.11 Å². The van der Waals surface area contributed by atoms with Crippen molar-refractivity contribution in [3.05, 3.63) is 75.8 Å². The van der Waals surface area contributed by atoms with Crippen LogP contribution in [0.3, 0.4) is 0 Å². The molecule has 0 saturated heterocycles. The molecule has 0 bridgehead atoms. The molecule has 1 aromatic heterocycles. The van der Waals surface area contributed by atoms with Crippen LogP contribution in [-0.2, 0) is 17.8 Å². The van der Waals surface area contributed by atoms with Crippen LogP contribution in [0.5, 0.6) is 5.75 Å². The number of methoxy groups -OCH3 is 2. The van der Waals surface area contributed by atoms with E-state index in [4.69, 9.17) is 21.7 Å². The van der Waals surface area contributed by atoms with E-state index in [1.54, 1.807) is 32.4 Å². The van der Waals surface area contributed by atoms with E-state index >= 15 is 0 Å². The van der Waals surface area contributed by atoms with Gasteiger partial charge in [-0.3, -0.25) is 4.79 Å². The second-order valence-corrected chi connectivity index (χ2v) is 7.52. The van der Waals surface area contributed by atoms with E-state index in [-0.39, 0.29) is 11.4 Å². The van der Waals surface area contributed by atoms with Crippen LogP contribution in [0.4, 0.5) is 4.39 Å². The molecule has 0 fully saturated rings. The zero-order valence-corrected chi connectivity index (χ0v) is 18.4. The first-order valence-electron chi connectivity index (χ1n) is 9.96. The Balaban J connectivity index is 1.84. The molecule has 0 unspecified atom stereocenters. The molecule has 0 aliphatic heterocycles. The molecule has 6 nitrogen and oxygen atoms in total. The fourth-order valence-corrected chi connectivity index (χ4v) is 3.44. The lowest BCUT2D eigenvalue weighted by Gasteiger charge is -2.26. The lowest BCUT2D eigenvalue weighted by atomic mass is 10.1. The number of nitrogens with one attached hydrogen (secondary N) is 2. The molecule has 2 aromatic carbocycles. The van der Waals surface area contributed by atoms with E-state index in [9.17, 15) is 9.18 Å². The van der Waals surface area contributed by atoms with Crippen LogP contribution in [0, 0.1) is 5.82 Å². The first-order valence-corrected chi connectivity index (χ1v) is 10.4. The molecule has 3 rings (SSSR count). The van der Waals surface area contributed by atoms with E-state index in [1.807, 2.05) is 23.1 Å². The largest absolute Gasteiger partial charge is 0.497 e. The molecule has 2 N–H and O–H groups in total. The minimum Gasteiger partial charge on any atom is -0.497 e. The molecule has 0 amide bonds. The fraction of sp³-hybridized carbons (Fsp3) is 0.304. The molecule has 31 heavy (non-hydrogen) atoms. The average molecular weight is 444 g/mol. The van der Waals surface area contributed by atoms with E-state index in [0.717, 1.165) is 17.4 Å². The number of halogens is 1. The predicted octanol–water partition coefficient (Wildman–Crippen LogP) is 3.59. The summed E-state index contributed by atoms with van der Waals surface area (Å²) in [6.07, 6.45) is 0.805. The molecule has 0 aliphatic rings. The predicted molar refractivity (Wildman–Crippen MR) is 124 cm³/mol. The Hall–Kier alpha value is -2.97. The summed E-state index contributed by atoms with van der Waals surface area (Å²) in [5.74, 6) is 0.382. The smallest absolute Gasteiger partial charge is 0.253 e. The number of H-pyrrole nitrogens is 1. The van der Waals surface area contributed by atoms with Gasteiger partial charge in [-0.05, 0) is 59.9 Å². The van der Waals surface area contributed by atoms with Crippen molar-refractivity contribution in [2.45, 2.75) is 19.5 Å². The highest BCUT2D eigenvalue weighted by Crippen LogP contribution is 2.19. The Kier molecular flexibility index (Phi) is 7.97. The minimum absolute atomic E-state index is 0.188. The Morgan fingerprint density at radius 1 is 1.13 bits per heavy atom. The van der Waals surface area contributed by atoms with Gasteiger partial charge in [0.2, 0.25) is 0 Å². The van der Waals surface area contributed by atoms with Crippen LogP contribution in [0.2, 0.25) is 0 Å². The highest BCUT2D eigenvalue weighted by atomic mass is 32.1. The van der Waals surface area contributed by atoms with Crippen molar-refractivity contribution in [2.24, 2.45) is 0 Å². The van der Waals surface area contributed by atoms with Gasteiger partial charge in [0.1, 0.15) is 11.6 Å². The SMILES string of the molecule is COCCCNC(=S)N(Cc1ccc(F)cc1)Cc1cc2ccc(OC)cc2[nH]c1=O. The van der Waals surface area contributed by atoms with Gasteiger partial charge in [0.25, 0.3) is 5.56 Å². The number of ether oxygens (including phenoxy) is 2. The summed E-state index contributed by atoms with van der Waals surface area (Å²) in [6.45, 7) is 2.03. The van der Waals surface area contributed by atoms with Gasteiger partial charge in [0.05, 0.1) is 19.2 Å². The van der Waals surface area contributed by atoms with E-state index in [0.29, 0.717) is 48.2 Å². The van der Waals surface area contributed by atoms with Crippen molar-refractivity contribution in [3.8, 4) is 5.75 Å². The summed E-state index contributed by atoms with van der Waals surface area (Å²) in [4.78, 5) is 17.5. The summed E-state index contributed by atoms with van der Waals surface area (Å²) < 4.78 is 23.6. The van der Waals surface area contributed by atoms with Crippen molar-refractivity contribution in [3.63, 3.8) is 0 Å². The number of thiocarbonyl (C=S) groups is 1. The molecular weight excluding hydrogens is 417 g/mol. The average Bonchev–Trinajstić information content (AvgIpc) is 2.77. The van der Waals surface area contributed by atoms with Gasteiger partial charge < -0.3 is 24.7 Å². The maximum absolute atomic E-state index is 13.3. The Labute approximate surface area is 186 Å². The molecule has 0 atom stereocenters. The van der Waals surface area contributed by atoms with Gasteiger partial charge in [-0.15, -0.1) is 0 Å². The van der Waals surface area contributed by atoms with Crippen LogP contribution < -0.4 is 15.6 Å². The zero-order chi connectivity index (χ0) is 22.2. The van der Waals surface area contributed by atoms with Gasteiger partial charge in [-0.1, -0.05) is 12.1 Å². The first kappa shape index (κ1) is 22.7. The summed E-state index contributed by atoms with van der Waals surface area (Å²) >= 11 is 5.59. The molecule has 164 valence electrons. The van der Waals surface area contributed by atoms with Gasteiger partial charge in [0, 0.05) is 38.4 Å². The summed E-state index contributed by atoms with van der Waals surface area (Å²) in [6, 6.07) is 13.7. The lowest BCUT2D eigenvalue weighted by molar-refractivity contribution is 0.195. The Bertz CT molecular complexity index is 1090. The topological polar surface area (TPSA) is 66.6 Å². The van der Waals surface area contributed by atoms with Gasteiger partial charge in [-0.2, -0.15) is 0 Å². The maximum Gasteiger partial charge on any atom is 0.253 e. The fourth-order valence-electron chi connectivity index (χ4n) is 3.21. The number of fused-ring (bicyclic) bond motifs is 1. The van der Waals surface area contributed by atoms with Crippen LogP contribution in [0.1, 0.15) is 17.5 Å². The molecule has 0 saturated carbocycles. The number of rotatable bonds is 9. The third kappa shape index (κ3) is 6.26. The molecule has 3 aromatic rings. The van der Waals surface area contributed by atoms with E-state index in [2.05, 4.69) is 10.3 Å². The number of benzene rings is 2. The highest BCUT2D eigenvalue weighted by Gasteiger charge is 2.14. The summed E-state index contributed by atoms with van der Waals surface area (Å²) in [5, 5.41) is 4.64. The second kappa shape index (κ2) is 10.9. The number of nitrogens with zero attached hydrogens (tertiary/aromatic N) is 1. The van der Waals surface area contributed by atoms with Crippen LogP contribution >= 0.6 is 12.2 Å².